The zero-order valence-corrected chi connectivity index (χ0v) is 13.7. The molecule has 0 bridgehead atoms. The maximum Gasteiger partial charge on any atom is 0.185 e. The highest BCUT2D eigenvalue weighted by molar-refractivity contribution is 7.15. The Morgan fingerprint density at radius 3 is 2.80 bits per heavy atom. The molecule has 0 aromatic carbocycles. The molecule has 1 saturated carbocycles. The number of anilines is 1. The minimum absolute atomic E-state index is 0.695. The maximum atomic E-state index is 4.94. The van der Waals surface area contributed by atoms with Crippen LogP contribution in [0, 0.1) is 0 Å². The van der Waals surface area contributed by atoms with Gasteiger partial charge in [-0.2, -0.15) is 0 Å². The van der Waals surface area contributed by atoms with Crippen molar-refractivity contribution in [2.24, 2.45) is 0 Å². The van der Waals surface area contributed by atoms with E-state index in [2.05, 4.69) is 29.2 Å². The van der Waals surface area contributed by atoms with Gasteiger partial charge in [0.05, 0.1) is 5.69 Å². The topological polar surface area (TPSA) is 31.4 Å². The molecule has 1 aromatic rings. The molecule has 20 heavy (non-hydrogen) atoms. The average molecular weight is 294 g/mol. The normalized spacial score (nSPS) is 23.4. The van der Waals surface area contributed by atoms with Crippen molar-refractivity contribution in [3.63, 3.8) is 0 Å². The number of hydrogen-bond donors (Lipinski definition) is 1. The van der Waals surface area contributed by atoms with Crippen molar-refractivity contribution in [1.82, 2.24) is 15.2 Å². The van der Waals surface area contributed by atoms with Gasteiger partial charge in [0.15, 0.2) is 5.13 Å². The van der Waals surface area contributed by atoms with Gasteiger partial charge in [-0.05, 0) is 46.3 Å². The molecule has 1 atom stereocenters. The Balaban J connectivity index is 1.70. The van der Waals surface area contributed by atoms with Crippen LogP contribution in [-0.4, -0.2) is 50.2 Å². The van der Waals surface area contributed by atoms with Crippen molar-refractivity contribution in [3.05, 3.63) is 10.6 Å². The van der Waals surface area contributed by atoms with Crippen LogP contribution < -0.4 is 10.2 Å². The highest BCUT2D eigenvalue weighted by Crippen LogP contribution is 2.44. The van der Waals surface area contributed by atoms with Gasteiger partial charge in [0.1, 0.15) is 0 Å². The number of rotatable bonds is 6. The number of hydrogen-bond acceptors (Lipinski definition) is 5. The summed E-state index contributed by atoms with van der Waals surface area (Å²) in [5.41, 5.74) is 1.37. The quantitative estimate of drug-likeness (QED) is 0.872. The van der Waals surface area contributed by atoms with Gasteiger partial charge in [0.2, 0.25) is 0 Å². The van der Waals surface area contributed by atoms with Gasteiger partial charge in [0, 0.05) is 37.0 Å². The van der Waals surface area contributed by atoms with Crippen molar-refractivity contribution in [2.75, 3.05) is 39.1 Å². The Hall–Kier alpha value is -0.650. The molecule has 1 aliphatic heterocycles. The second-order valence-electron chi connectivity index (χ2n) is 6.27. The number of aromatic nitrogens is 1. The Labute approximate surface area is 126 Å². The van der Waals surface area contributed by atoms with E-state index in [9.17, 15) is 0 Å². The summed E-state index contributed by atoms with van der Waals surface area (Å²) < 4.78 is 0. The lowest BCUT2D eigenvalue weighted by atomic mass is 10.2. The summed E-state index contributed by atoms with van der Waals surface area (Å²) in [6.07, 6.45) is 5.32. The Morgan fingerprint density at radius 1 is 1.40 bits per heavy atom. The molecule has 2 heterocycles. The van der Waals surface area contributed by atoms with Crippen LogP contribution in [0.3, 0.4) is 0 Å². The summed E-state index contributed by atoms with van der Waals surface area (Å²) >= 11 is 1.88. The first-order valence-electron chi connectivity index (χ1n) is 7.74. The van der Waals surface area contributed by atoms with Crippen LogP contribution in [-0.2, 0) is 6.54 Å². The molecule has 1 saturated heterocycles. The number of thiazole rings is 1. The Bertz CT molecular complexity index is 455. The van der Waals surface area contributed by atoms with E-state index in [0.29, 0.717) is 6.04 Å². The first kappa shape index (κ1) is 14.3. The van der Waals surface area contributed by atoms with Crippen molar-refractivity contribution < 1.29 is 0 Å². The lowest BCUT2D eigenvalue weighted by Crippen LogP contribution is -2.36. The smallest absolute Gasteiger partial charge is 0.185 e. The Morgan fingerprint density at radius 2 is 2.20 bits per heavy atom. The van der Waals surface area contributed by atoms with E-state index in [-0.39, 0.29) is 0 Å². The van der Waals surface area contributed by atoms with Crippen molar-refractivity contribution in [3.8, 4) is 0 Å². The van der Waals surface area contributed by atoms with Gasteiger partial charge >= 0.3 is 0 Å². The van der Waals surface area contributed by atoms with Crippen LogP contribution in [0.5, 0.6) is 0 Å². The molecule has 0 amide bonds. The maximum absolute atomic E-state index is 4.94. The van der Waals surface area contributed by atoms with Gasteiger partial charge in [-0.3, -0.25) is 0 Å². The second-order valence-corrected chi connectivity index (χ2v) is 7.33. The van der Waals surface area contributed by atoms with Gasteiger partial charge < -0.3 is 15.1 Å². The van der Waals surface area contributed by atoms with Crippen LogP contribution >= 0.6 is 11.3 Å². The number of likely N-dealkylation sites (tertiary alicyclic amines) is 1. The van der Waals surface area contributed by atoms with E-state index in [1.807, 2.05) is 18.4 Å². The molecule has 1 aromatic heterocycles. The highest BCUT2D eigenvalue weighted by atomic mass is 32.1. The summed E-state index contributed by atoms with van der Waals surface area (Å²) in [5.74, 6) is 0.742. The SMILES string of the molecule is CNCc1sc(N(C)CC2CCCN2C)nc1C1CC1. The lowest BCUT2D eigenvalue weighted by Gasteiger charge is -2.25. The van der Waals surface area contributed by atoms with Crippen LogP contribution in [0.15, 0.2) is 0 Å². The minimum atomic E-state index is 0.695. The average Bonchev–Trinajstić information content (AvgIpc) is 3.07. The third-order valence-corrected chi connectivity index (χ3v) is 5.69. The monoisotopic (exact) mass is 294 g/mol. The standard InChI is InChI=1S/C15H26N4S/c1-16-9-13-14(11-6-7-11)17-15(20-13)19(3)10-12-5-4-8-18(12)2/h11-12,16H,4-10H2,1-3H3. The van der Waals surface area contributed by atoms with E-state index in [4.69, 9.17) is 4.98 Å². The lowest BCUT2D eigenvalue weighted by molar-refractivity contribution is 0.314. The molecule has 0 radical (unpaired) electrons. The first-order chi connectivity index (χ1) is 9.69. The van der Waals surface area contributed by atoms with Crippen molar-refractivity contribution in [2.45, 2.75) is 44.2 Å². The van der Waals surface area contributed by atoms with E-state index < -0.39 is 0 Å². The van der Waals surface area contributed by atoms with Crippen LogP contribution in [0.25, 0.3) is 0 Å². The number of likely N-dealkylation sites (N-methyl/N-ethyl adjacent to an activating group) is 2. The fraction of sp³-hybridized carbons (Fsp3) is 0.800. The van der Waals surface area contributed by atoms with Crippen molar-refractivity contribution in [1.29, 1.82) is 0 Å². The fourth-order valence-corrected chi connectivity index (χ4v) is 4.21. The number of nitrogens with zero attached hydrogens (tertiary/aromatic N) is 3. The molecule has 4 nitrogen and oxygen atoms in total. The summed E-state index contributed by atoms with van der Waals surface area (Å²) in [7, 11) is 6.47. The second kappa shape index (κ2) is 6.00. The highest BCUT2D eigenvalue weighted by Gasteiger charge is 2.30. The molecule has 5 heteroatoms. The molecule has 0 spiro atoms. The molecule has 2 fully saturated rings. The molecule has 3 rings (SSSR count). The van der Waals surface area contributed by atoms with E-state index in [0.717, 1.165) is 19.0 Å². The van der Waals surface area contributed by atoms with Crippen LogP contribution in [0.1, 0.15) is 42.2 Å². The third-order valence-electron chi connectivity index (χ3n) is 4.50. The van der Waals surface area contributed by atoms with E-state index in [1.165, 1.54) is 47.9 Å². The van der Waals surface area contributed by atoms with Crippen molar-refractivity contribution >= 4 is 16.5 Å². The van der Waals surface area contributed by atoms with E-state index >= 15 is 0 Å². The van der Waals surface area contributed by atoms with Gasteiger partial charge in [-0.25, -0.2) is 4.98 Å². The molecular formula is C15H26N4S. The van der Waals surface area contributed by atoms with Crippen LogP contribution in [0.2, 0.25) is 0 Å². The molecule has 2 aliphatic rings. The zero-order chi connectivity index (χ0) is 14.1. The summed E-state index contributed by atoms with van der Waals surface area (Å²) in [6, 6.07) is 0.695. The summed E-state index contributed by atoms with van der Waals surface area (Å²) in [5, 5.41) is 4.49. The fourth-order valence-electron chi connectivity index (χ4n) is 3.08. The molecule has 1 unspecified atom stereocenters. The predicted octanol–water partition coefficient (Wildman–Crippen LogP) is 2.27. The largest absolute Gasteiger partial charge is 0.350 e. The molecule has 112 valence electrons. The predicted molar refractivity (Wildman–Crippen MR) is 85.8 cm³/mol. The zero-order valence-electron chi connectivity index (χ0n) is 12.9. The minimum Gasteiger partial charge on any atom is -0.350 e. The van der Waals surface area contributed by atoms with Crippen LogP contribution in [0.4, 0.5) is 5.13 Å². The van der Waals surface area contributed by atoms with Gasteiger partial charge in [0.25, 0.3) is 0 Å². The Kier molecular flexibility index (Phi) is 4.29. The summed E-state index contributed by atoms with van der Waals surface area (Å²) in [4.78, 5) is 11.2. The molecule has 1 aliphatic carbocycles. The van der Waals surface area contributed by atoms with Gasteiger partial charge in [-0.1, -0.05) is 0 Å². The first-order valence-corrected chi connectivity index (χ1v) is 8.56. The third kappa shape index (κ3) is 3.00. The number of nitrogens with one attached hydrogen (secondary N) is 1. The van der Waals surface area contributed by atoms with E-state index in [1.54, 1.807) is 0 Å². The molecular weight excluding hydrogens is 268 g/mol. The van der Waals surface area contributed by atoms with Gasteiger partial charge in [-0.15, -0.1) is 11.3 Å². The summed E-state index contributed by atoms with van der Waals surface area (Å²) in [6.45, 7) is 3.31. The molecule has 1 N–H and O–H groups in total.